The van der Waals surface area contributed by atoms with Gasteiger partial charge in [-0.3, -0.25) is 36.9 Å². The number of fused-ring (bicyclic) bond motifs is 6. The predicted molar refractivity (Wildman–Crippen MR) is 267 cm³/mol. The van der Waals surface area contributed by atoms with Gasteiger partial charge in [0.1, 0.15) is 11.6 Å². The first-order valence-electron chi connectivity index (χ1n) is 21.9. The molecule has 0 unspecified atom stereocenters. The van der Waals surface area contributed by atoms with Crippen LogP contribution in [0.5, 0.6) is 0 Å². The number of hydrogen-bond donors (Lipinski definition) is 1. The molecule has 17 nitrogen and oxygen atoms in total. The number of aromatic carboxylic acids is 1. The van der Waals surface area contributed by atoms with Crippen molar-refractivity contribution in [2.75, 3.05) is 0 Å². The van der Waals surface area contributed by atoms with E-state index in [1.54, 1.807) is 62.9 Å². The van der Waals surface area contributed by atoms with E-state index in [1.165, 1.54) is 7.06 Å². The van der Waals surface area contributed by atoms with Gasteiger partial charge in [-0.05, 0) is 48.2 Å². The minimum atomic E-state index is -0.958. The number of aliphatic imine (C=N–C) groups is 2. The van der Waals surface area contributed by atoms with Gasteiger partial charge in [0.2, 0.25) is 11.6 Å². The van der Waals surface area contributed by atoms with E-state index in [0.717, 1.165) is 46.5 Å². The third kappa shape index (κ3) is 9.78. The van der Waals surface area contributed by atoms with Crippen LogP contribution in [0.4, 0.5) is 11.6 Å². The number of hydrogen-bond acceptors (Lipinski definition) is 10. The molecular formula is C44H39B7N13O4. The molecule has 24 heteroatoms. The molecule has 68 heavy (non-hydrogen) atoms. The molecule has 8 aromatic rings. The second kappa shape index (κ2) is 20.5. The fourth-order valence-corrected chi connectivity index (χ4v) is 7.96. The molecule has 0 atom stereocenters. The second-order valence-electron chi connectivity index (χ2n) is 16.2. The Morgan fingerprint density at radius 1 is 0.779 bits per heavy atom. The molecule has 10 rings (SSSR count). The summed E-state index contributed by atoms with van der Waals surface area (Å²) in [5.74, 6) is 1.55. The molecule has 0 spiro atoms. The lowest BCUT2D eigenvalue weighted by Crippen LogP contribution is -2.43. The van der Waals surface area contributed by atoms with Crippen LogP contribution in [0.2, 0.25) is 0 Å². The number of rotatable bonds is 13. The topological polar surface area (TPSA) is 200 Å². The molecule has 0 fully saturated rings. The molecule has 8 heterocycles. The fourth-order valence-electron chi connectivity index (χ4n) is 7.96. The summed E-state index contributed by atoms with van der Waals surface area (Å²) < 4.78 is 10.7. The Hall–Kier alpha value is -7.55. The van der Waals surface area contributed by atoms with Crippen LogP contribution in [0.1, 0.15) is 76.0 Å². The van der Waals surface area contributed by atoms with Gasteiger partial charge in [-0.15, -0.1) is 0 Å². The minimum absolute atomic E-state index is 0.0231. The summed E-state index contributed by atoms with van der Waals surface area (Å²) in [4.78, 5) is 55.5. The van der Waals surface area contributed by atoms with Gasteiger partial charge in [0, 0.05) is 125 Å². The van der Waals surface area contributed by atoms with E-state index in [4.69, 9.17) is 46.2 Å². The molecule has 0 saturated heterocycles. The van der Waals surface area contributed by atoms with E-state index in [-0.39, 0.29) is 23.1 Å². The van der Waals surface area contributed by atoms with Crippen LogP contribution in [-0.4, -0.2) is 121 Å². The first-order chi connectivity index (χ1) is 32.9. The van der Waals surface area contributed by atoms with Gasteiger partial charge < -0.3 is 5.11 Å². The van der Waals surface area contributed by atoms with Crippen LogP contribution >= 0.6 is 0 Å². The number of imidazole rings is 2. The van der Waals surface area contributed by atoms with Crippen molar-refractivity contribution in [2.45, 2.75) is 65.7 Å². The van der Waals surface area contributed by atoms with Crippen molar-refractivity contribution >= 4 is 91.4 Å². The minimum Gasteiger partial charge on any atom is -0.478 e. The molecule has 6 aromatic heterocycles. The van der Waals surface area contributed by atoms with E-state index < -0.39 is 12.4 Å². The SMILES string of the molecule is CCCn1c(=O)c2c(n3ccnc13)N=C(c1cnn(Cc3cccc(C#N)c3)c1)C2.CCCn1c(=O)c2c(n3ccnc13)N=C(c1cnn(Cc3cccc(C(=O)O)c3)c1)C2.[B][B]B([B])B([B])[B]. The molecule has 325 valence electrons. The van der Waals surface area contributed by atoms with Gasteiger partial charge in [0.25, 0.3) is 11.1 Å². The van der Waals surface area contributed by atoms with Crippen LogP contribution in [0.25, 0.3) is 11.6 Å². The highest BCUT2D eigenvalue weighted by Crippen LogP contribution is 2.29. The van der Waals surface area contributed by atoms with Crippen LogP contribution in [-0.2, 0) is 39.0 Å². The van der Waals surface area contributed by atoms with Crippen LogP contribution in [0.15, 0.2) is 118 Å². The first kappa shape index (κ1) is 47.0. The standard InChI is InChI=1S/C22H19N7O.C22H20N6O3.B7/c1-2-7-29-21(30)18-10-19(26-20(18)28-8-6-24-22(28)29)17-12-25-27(14-17)13-16-5-3-4-15(9-16)11-23;1-2-7-28-20(29)17-10-18(25-19(17)27-8-6-23-22(27)28)16-11-24-26(13-16)12-14-4-3-5-15(9-14)21(30)31;1-5-7(4)6(2)3/h3-6,8-9,12,14H,2,7,10,13H2,1H3;3-6,8-9,11,13H,2,7,10,12H2,1H3,(H,30,31);. The lowest BCUT2D eigenvalue weighted by molar-refractivity contribution is 0.0696. The first-order valence-corrected chi connectivity index (χ1v) is 21.9. The van der Waals surface area contributed by atoms with Crippen molar-refractivity contribution in [1.82, 2.24) is 47.5 Å². The van der Waals surface area contributed by atoms with Gasteiger partial charge in [-0.2, -0.15) is 15.5 Å². The number of aromatic nitrogens is 10. The summed E-state index contributed by atoms with van der Waals surface area (Å²) in [5, 5.41) is 27.1. The Morgan fingerprint density at radius 3 is 1.72 bits per heavy atom. The summed E-state index contributed by atoms with van der Waals surface area (Å²) >= 11 is 0. The summed E-state index contributed by atoms with van der Waals surface area (Å²) in [6, 6.07) is 16.4. The largest absolute Gasteiger partial charge is 0.478 e. The van der Waals surface area contributed by atoms with Crippen molar-refractivity contribution in [1.29, 1.82) is 5.26 Å². The van der Waals surface area contributed by atoms with Gasteiger partial charge >= 0.3 is 5.97 Å². The molecule has 0 saturated carbocycles. The summed E-state index contributed by atoms with van der Waals surface area (Å²) in [6.45, 7) is 6.31. The number of carbonyl (C=O) groups is 1. The lowest BCUT2D eigenvalue weighted by Gasteiger charge is -2.09. The van der Waals surface area contributed by atoms with Crippen molar-refractivity contribution in [3.05, 3.63) is 163 Å². The Labute approximate surface area is 397 Å². The van der Waals surface area contributed by atoms with Gasteiger partial charge in [0.05, 0.1) is 65.2 Å². The maximum Gasteiger partial charge on any atom is 0.335 e. The maximum atomic E-state index is 13.0. The summed E-state index contributed by atoms with van der Waals surface area (Å²) in [5.41, 5.74) is 7.32. The number of carboxylic acids is 1. The van der Waals surface area contributed by atoms with Crippen molar-refractivity contribution < 1.29 is 9.90 Å². The zero-order valence-corrected chi connectivity index (χ0v) is 37.4. The van der Waals surface area contributed by atoms with Crippen molar-refractivity contribution in [3.8, 4) is 6.07 Å². The molecule has 2 aliphatic heterocycles. The highest BCUT2D eigenvalue weighted by Gasteiger charge is 2.27. The highest BCUT2D eigenvalue weighted by atomic mass is 16.4. The van der Waals surface area contributed by atoms with E-state index in [2.05, 4.69) is 26.2 Å². The van der Waals surface area contributed by atoms with Gasteiger partial charge in [-0.1, -0.05) is 38.1 Å². The van der Waals surface area contributed by atoms with E-state index in [0.29, 0.717) is 78.9 Å². The van der Waals surface area contributed by atoms with Crippen LogP contribution in [0.3, 0.4) is 0 Å². The Balaban J connectivity index is 0.000000162. The summed E-state index contributed by atoms with van der Waals surface area (Å²) in [6.07, 6.45) is 16.0. The fraction of sp³-hybridized carbons (Fsp3) is 0.227. The second-order valence-corrected chi connectivity index (χ2v) is 16.2. The van der Waals surface area contributed by atoms with E-state index >= 15 is 0 Å². The predicted octanol–water partition coefficient (Wildman–Crippen LogP) is 2.56. The number of nitriles is 1. The molecule has 0 amide bonds. The highest BCUT2D eigenvalue weighted by molar-refractivity contribution is 7.81. The number of benzene rings is 2. The van der Waals surface area contributed by atoms with Crippen molar-refractivity contribution in [3.63, 3.8) is 0 Å². The average molecular weight is 890 g/mol. The molecule has 0 bridgehead atoms. The van der Waals surface area contributed by atoms with Crippen LogP contribution in [0, 0.1) is 11.3 Å². The Morgan fingerprint density at radius 2 is 1.28 bits per heavy atom. The van der Waals surface area contributed by atoms with E-state index in [9.17, 15) is 19.5 Å². The zero-order chi connectivity index (χ0) is 48.1. The lowest BCUT2D eigenvalue weighted by atomic mass is 8.76. The Bertz CT molecular complexity index is 3400. The Kier molecular flexibility index (Phi) is 14.2. The molecule has 0 aliphatic carbocycles. The molecule has 9 radical (unpaired) electrons. The maximum absolute atomic E-state index is 13.0. The monoisotopic (exact) mass is 890 g/mol. The quantitative estimate of drug-likeness (QED) is 0.169. The molecule has 2 aromatic carbocycles. The summed E-state index contributed by atoms with van der Waals surface area (Å²) in [7, 11) is 21.6. The average Bonchev–Trinajstić information content (AvgIpc) is 4.20. The number of nitrogens with zero attached hydrogens (tertiary/aromatic N) is 13. The van der Waals surface area contributed by atoms with Crippen molar-refractivity contribution in [2.24, 2.45) is 9.98 Å². The number of aryl methyl sites for hydroxylation is 2. The molecular weight excluding hydrogens is 850 g/mol. The number of carboxylic acid groups (broad SMARTS) is 1. The molecule has 2 aliphatic rings. The zero-order valence-electron chi connectivity index (χ0n) is 37.4. The molecule has 1 N–H and O–H groups in total. The van der Waals surface area contributed by atoms with E-state index in [1.807, 2.05) is 76.4 Å². The van der Waals surface area contributed by atoms with Gasteiger partial charge in [0.15, 0.2) is 0 Å². The third-order valence-electron chi connectivity index (χ3n) is 11.3. The van der Waals surface area contributed by atoms with Gasteiger partial charge in [-0.25, -0.2) is 24.7 Å². The third-order valence-corrected chi connectivity index (χ3v) is 11.3. The van der Waals surface area contributed by atoms with Crippen LogP contribution < -0.4 is 11.1 Å². The smallest absolute Gasteiger partial charge is 0.335 e. The normalized spacial score (nSPS) is 12.2.